The molecule has 0 bridgehead atoms. The van der Waals surface area contributed by atoms with Gasteiger partial charge in [-0.05, 0) is 43.6 Å². The lowest BCUT2D eigenvalue weighted by atomic mass is 9.90. The third-order valence-corrected chi connectivity index (χ3v) is 4.01. The van der Waals surface area contributed by atoms with E-state index in [2.05, 4.69) is 21.2 Å². The third kappa shape index (κ3) is 3.02. The van der Waals surface area contributed by atoms with Crippen molar-refractivity contribution < 1.29 is 4.39 Å². The Bertz CT molecular complexity index is 307. The highest BCUT2D eigenvalue weighted by atomic mass is 79.9. The highest BCUT2D eigenvalue weighted by Crippen LogP contribution is 2.39. The SMILES string of the molecule is Br.Fc1ccc(C2(Br)CCNCC2)cc1. The first-order chi connectivity index (χ1) is 6.71. The molecule has 1 N–H and O–H groups in total. The summed E-state index contributed by atoms with van der Waals surface area (Å²) in [6.45, 7) is 2.03. The highest BCUT2D eigenvalue weighted by molar-refractivity contribution is 9.09. The molecule has 0 spiro atoms. The molecule has 4 heteroatoms. The maximum atomic E-state index is 12.8. The van der Waals surface area contributed by atoms with Crippen LogP contribution in [0.3, 0.4) is 0 Å². The molecule has 1 aromatic carbocycles. The predicted molar refractivity (Wildman–Crippen MR) is 69.4 cm³/mol. The van der Waals surface area contributed by atoms with Crippen LogP contribution in [0.5, 0.6) is 0 Å². The van der Waals surface area contributed by atoms with Gasteiger partial charge < -0.3 is 5.32 Å². The molecule has 0 aliphatic carbocycles. The van der Waals surface area contributed by atoms with Crippen molar-refractivity contribution in [1.29, 1.82) is 0 Å². The van der Waals surface area contributed by atoms with Gasteiger partial charge in [-0.2, -0.15) is 0 Å². The summed E-state index contributed by atoms with van der Waals surface area (Å²) in [4.78, 5) is 0. The van der Waals surface area contributed by atoms with Crippen LogP contribution in [-0.4, -0.2) is 13.1 Å². The van der Waals surface area contributed by atoms with Crippen LogP contribution in [0.2, 0.25) is 0 Å². The van der Waals surface area contributed by atoms with E-state index in [-0.39, 0.29) is 27.1 Å². The van der Waals surface area contributed by atoms with Crippen molar-refractivity contribution in [2.75, 3.05) is 13.1 Å². The standard InChI is InChI=1S/C11H13BrFN.BrH/c12-11(5-7-14-8-6-11)9-1-3-10(13)4-2-9;/h1-4,14H,5-8H2;1H. The first-order valence-corrected chi connectivity index (χ1v) is 5.66. The number of alkyl halides is 1. The van der Waals surface area contributed by atoms with Crippen molar-refractivity contribution in [3.63, 3.8) is 0 Å². The molecule has 1 saturated heterocycles. The number of rotatable bonds is 1. The maximum absolute atomic E-state index is 12.8. The second-order valence-corrected chi connectivity index (χ2v) is 5.24. The quantitative estimate of drug-likeness (QED) is 0.774. The number of hydrogen-bond acceptors (Lipinski definition) is 1. The van der Waals surface area contributed by atoms with E-state index in [0.717, 1.165) is 25.9 Å². The Balaban J connectivity index is 0.00000112. The van der Waals surface area contributed by atoms with Crippen LogP contribution in [0.4, 0.5) is 4.39 Å². The van der Waals surface area contributed by atoms with Gasteiger partial charge in [0.05, 0.1) is 4.32 Å². The van der Waals surface area contributed by atoms with Gasteiger partial charge in [0.25, 0.3) is 0 Å². The fraction of sp³-hybridized carbons (Fsp3) is 0.455. The minimum atomic E-state index is -0.168. The summed E-state index contributed by atoms with van der Waals surface area (Å²) in [5.41, 5.74) is 1.18. The minimum absolute atomic E-state index is 0. The Kier molecular flexibility index (Phi) is 4.74. The molecule has 0 saturated carbocycles. The van der Waals surface area contributed by atoms with Gasteiger partial charge in [0.1, 0.15) is 5.82 Å². The van der Waals surface area contributed by atoms with Gasteiger partial charge >= 0.3 is 0 Å². The number of piperidine rings is 1. The molecular formula is C11H14Br2FN. The van der Waals surface area contributed by atoms with Gasteiger partial charge in [0, 0.05) is 0 Å². The lowest BCUT2D eigenvalue weighted by Gasteiger charge is -2.32. The molecule has 0 unspecified atom stereocenters. The van der Waals surface area contributed by atoms with Crippen LogP contribution >= 0.6 is 32.9 Å². The van der Waals surface area contributed by atoms with Crippen LogP contribution in [0, 0.1) is 5.82 Å². The summed E-state index contributed by atoms with van der Waals surface area (Å²) in [5, 5.41) is 3.32. The summed E-state index contributed by atoms with van der Waals surface area (Å²) >= 11 is 3.77. The van der Waals surface area contributed by atoms with Crippen molar-refractivity contribution in [3.8, 4) is 0 Å². The van der Waals surface area contributed by atoms with Crippen LogP contribution in [0.25, 0.3) is 0 Å². The van der Waals surface area contributed by atoms with Gasteiger partial charge in [-0.3, -0.25) is 0 Å². The summed E-state index contributed by atoms with van der Waals surface area (Å²) < 4.78 is 12.8. The van der Waals surface area contributed by atoms with E-state index in [1.165, 1.54) is 17.7 Å². The topological polar surface area (TPSA) is 12.0 Å². The largest absolute Gasteiger partial charge is 0.317 e. The molecule has 15 heavy (non-hydrogen) atoms. The van der Waals surface area contributed by atoms with E-state index in [4.69, 9.17) is 0 Å². The van der Waals surface area contributed by atoms with Gasteiger partial charge in [0.2, 0.25) is 0 Å². The summed E-state index contributed by atoms with van der Waals surface area (Å²) in [7, 11) is 0. The lowest BCUT2D eigenvalue weighted by Crippen LogP contribution is -2.35. The average molecular weight is 339 g/mol. The van der Waals surface area contributed by atoms with E-state index in [1.807, 2.05) is 12.1 Å². The summed E-state index contributed by atoms with van der Waals surface area (Å²) in [6.07, 6.45) is 2.11. The fourth-order valence-electron chi connectivity index (χ4n) is 1.86. The van der Waals surface area contributed by atoms with Crippen LogP contribution in [-0.2, 0) is 4.32 Å². The van der Waals surface area contributed by atoms with Crippen molar-refractivity contribution >= 4 is 32.9 Å². The smallest absolute Gasteiger partial charge is 0.123 e. The van der Waals surface area contributed by atoms with E-state index < -0.39 is 0 Å². The molecule has 0 atom stereocenters. The molecule has 84 valence electrons. The zero-order valence-corrected chi connectivity index (χ0v) is 11.6. The molecule has 0 aromatic heterocycles. The number of benzene rings is 1. The lowest BCUT2D eigenvalue weighted by molar-refractivity contribution is 0.432. The Morgan fingerprint density at radius 1 is 1.13 bits per heavy atom. The summed E-state index contributed by atoms with van der Waals surface area (Å²) in [5.74, 6) is -0.168. The van der Waals surface area contributed by atoms with Crippen molar-refractivity contribution in [3.05, 3.63) is 35.6 Å². The van der Waals surface area contributed by atoms with E-state index in [1.54, 1.807) is 0 Å². The molecule has 1 aliphatic rings. The molecule has 1 fully saturated rings. The van der Waals surface area contributed by atoms with E-state index in [9.17, 15) is 4.39 Å². The maximum Gasteiger partial charge on any atom is 0.123 e. The molecule has 1 nitrogen and oxygen atoms in total. The van der Waals surface area contributed by atoms with Crippen LogP contribution in [0.1, 0.15) is 18.4 Å². The number of hydrogen-bond donors (Lipinski definition) is 1. The van der Waals surface area contributed by atoms with Crippen LogP contribution < -0.4 is 5.32 Å². The third-order valence-electron chi connectivity index (χ3n) is 2.76. The zero-order valence-electron chi connectivity index (χ0n) is 8.30. The molecule has 1 aliphatic heterocycles. The Morgan fingerprint density at radius 3 is 2.20 bits per heavy atom. The highest BCUT2D eigenvalue weighted by Gasteiger charge is 2.30. The number of halogens is 3. The second-order valence-electron chi connectivity index (χ2n) is 3.72. The van der Waals surface area contributed by atoms with Crippen molar-refractivity contribution in [2.24, 2.45) is 0 Å². The van der Waals surface area contributed by atoms with Gasteiger partial charge in [-0.15, -0.1) is 17.0 Å². The van der Waals surface area contributed by atoms with Gasteiger partial charge in [0.15, 0.2) is 0 Å². The van der Waals surface area contributed by atoms with Gasteiger partial charge in [-0.25, -0.2) is 4.39 Å². The molecule has 0 radical (unpaired) electrons. The first kappa shape index (κ1) is 13.1. The Labute approximate surface area is 108 Å². The average Bonchev–Trinajstić information content (AvgIpc) is 2.19. The Hall–Kier alpha value is 0.0700. The molecule has 0 amide bonds. The Morgan fingerprint density at radius 2 is 1.67 bits per heavy atom. The first-order valence-electron chi connectivity index (χ1n) is 4.86. The normalized spacial score (nSPS) is 19.3. The molecule has 2 rings (SSSR count). The molecular weight excluding hydrogens is 325 g/mol. The second kappa shape index (κ2) is 5.41. The molecule has 1 aromatic rings. The van der Waals surface area contributed by atoms with Crippen molar-refractivity contribution in [1.82, 2.24) is 5.32 Å². The number of nitrogens with one attached hydrogen (secondary N) is 1. The fourth-order valence-corrected chi connectivity index (χ4v) is 2.52. The minimum Gasteiger partial charge on any atom is -0.317 e. The monoisotopic (exact) mass is 337 g/mol. The van der Waals surface area contributed by atoms with E-state index in [0.29, 0.717) is 0 Å². The zero-order chi connectivity index (χ0) is 10.0. The molecule has 1 heterocycles. The predicted octanol–water partition coefficient (Wildman–Crippen LogP) is 3.38. The summed E-state index contributed by atoms with van der Waals surface area (Å²) in [6, 6.07) is 6.80. The van der Waals surface area contributed by atoms with Crippen LogP contribution in [0.15, 0.2) is 24.3 Å². The van der Waals surface area contributed by atoms with E-state index >= 15 is 0 Å². The van der Waals surface area contributed by atoms with Gasteiger partial charge in [-0.1, -0.05) is 28.1 Å². The van der Waals surface area contributed by atoms with Crippen molar-refractivity contribution in [2.45, 2.75) is 17.2 Å².